The topological polar surface area (TPSA) is 107 Å². The number of anilines is 1. The third kappa shape index (κ3) is 4.48. The number of sulfonamides is 1. The Bertz CT molecular complexity index is 1090. The first-order valence-electron chi connectivity index (χ1n) is 7.53. The van der Waals surface area contributed by atoms with Gasteiger partial charge in [0.1, 0.15) is 5.65 Å². The van der Waals surface area contributed by atoms with E-state index in [1.54, 1.807) is 40.9 Å². The number of nitrogens with one attached hydrogen (secondary N) is 1. The lowest BCUT2D eigenvalue weighted by molar-refractivity contribution is -0.111. The van der Waals surface area contributed by atoms with Crippen molar-refractivity contribution in [2.45, 2.75) is 5.75 Å². The summed E-state index contributed by atoms with van der Waals surface area (Å²) >= 11 is 6.11. The summed E-state index contributed by atoms with van der Waals surface area (Å²) in [5.41, 5.74) is 2.35. The molecule has 0 aliphatic rings. The summed E-state index contributed by atoms with van der Waals surface area (Å²) in [6, 6.07) is 11.9. The number of rotatable bonds is 5. The number of imidazole rings is 1. The molecule has 26 heavy (non-hydrogen) atoms. The second kappa shape index (κ2) is 7.28. The first kappa shape index (κ1) is 18.1. The lowest BCUT2D eigenvalue weighted by atomic mass is 10.2. The number of amides is 1. The Morgan fingerprint density at radius 1 is 1.23 bits per heavy atom. The van der Waals surface area contributed by atoms with E-state index in [0.29, 0.717) is 27.7 Å². The molecule has 0 unspecified atom stereocenters. The van der Waals surface area contributed by atoms with E-state index in [2.05, 4.69) is 10.3 Å². The normalized spacial score (nSPS) is 11.9. The number of hydrogen-bond donors (Lipinski definition) is 2. The number of pyridine rings is 1. The van der Waals surface area contributed by atoms with Crippen LogP contribution in [0, 0.1) is 0 Å². The molecule has 1 amide bonds. The van der Waals surface area contributed by atoms with Crippen LogP contribution in [-0.4, -0.2) is 23.7 Å². The van der Waals surface area contributed by atoms with E-state index in [1.165, 1.54) is 6.08 Å². The third-order valence-corrected chi connectivity index (χ3v) is 4.52. The summed E-state index contributed by atoms with van der Waals surface area (Å²) in [5, 5.41) is 7.98. The molecule has 134 valence electrons. The summed E-state index contributed by atoms with van der Waals surface area (Å²) < 4.78 is 23.9. The maximum absolute atomic E-state index is 12.1. The number of benzene rings is 1. The highest BCUT2D eigenvalue weighted by molar-refractivity contribution is 7.88. The molecule has 0 spiro atoms. The zero-order valence-electron chi connectivity index (χ0n) is 13.5. The van der Waals surface area contributed by atoms with E-state index in [9.17, 15) is 13.2 Å². The van der Waals surface area contributed by atoms with Gasteiger partial charge in [0.05, 0.1) is 11.4 Å². The lowest BCUT2D eigenvalue weighted by Crippen LogP contribution is -2.14. The fourth-order valence-corrected chi connectivity index (χ4v) is 3.29. The van der Waals surface area contributed by atoms with E-state index >= 15 is 0 Å². The van der Waals surface area contributed by atoms with E-state index in [-0.39, 0.29) is 11.7 Å². The summed E-state index contributed by atoms with van der Waals surface area (Å²) in [6.45, 7) is 0. The van der Waals surface area contributed by atoms with Crippen LogP contribution in [0.4, 0.5) is 5.69 Å². The first-order valence-corrected chi connectivity index (χ1v) is 9.62. The first-order chi connectivity index (χ1) is 12.3. The molecule has 0 radical (unpaired) electrons. The van der Waals surface area contributed by atoms with Crippen molar-refractivity contribution in [2.24, 2.45) is 5.14 Å². The minimum absolute atomic E-state index is 0.256. The second-order valence-corrected chi connectivity index (χ2v) is 7.52. The van der Waals surface area contributed by atoms with Gasteiger partial charge in [-0.3, -0.25) is 9.20 Å². The van der Waals surface area contributed by atoms with Crippen molar-refractivity contribution in [3.05, 3.63) is 71.1 Å². The molecular formula is C17H15ClN4O3S. The van der Waals surface area contributed by atoms with E-state index < -0.39 is 10.0 Å². The summed E-state index contributed by atoms with van der Waals surface area (Å²) in [5.74, 6) is -0.611. The number of nitrogens with zero attached hydrogens (tertiary/aromatic N) is 2. The molecule has 0 fully saturated rings. The molecule has 2 aromatic heterocycles. The minimum Gasteiger partial charge on any atom is -0.323 e. The Morgan fingerprint density at radius 2 is 1.96 bits per heavy atom. The molecule has 3 aromatic rings. The maximum Gasteiger partial charge on any atom is 0.248 e. The third-order valence-electron chi connectivity index (χ3n) is 3.50. The SMILES string of the molecule is NS(=O)(=O)Cc1ccc(NC(=O)/C=C/c2c(Cl)nc3ccccn23)cc1. The monoisotopic (exact) mass is 390 g/mol. The van der Waals surface area contributed by atoms with Crippen LogP contribution in [0.25, 0.3) is 11.7 Å². The molecule has 0 aliphatic heterocycles. The van der Waals surface area contributed by atoms with Crippen molar-refractivity contribution in [3.63, 3.8) is 0 Å². The molecular weight excluding hydrogens is 376 g/mol. The van der Waals surface area contributed by atoms with Gasteiger partial charge in [0, 0.05) is 18.0 Å². The Morgan fingerprint density at radius 3 is 2.65 bits per heavy atom. The fraction of sp³-hybridized carbons (Fsp3) is 0.0588. The van der Waals surface area contributed by atoms with E-state index in [1.807, 2.05) is 18.2 Å². The van der Waals surface area contributed by atoms with Gasteiger partial charge in [0.25, 0.3) is 0 Å². The maximum atomic E-state index is 12.1. The Hall–Kier alpha value is -2.68. The van der Waals surface area contributed by atoms with Crippen LogP contribution in [0.1, 0.15) is 11.3 Å². The molecule has 1 aromatic carbocycles. The molecule has 3 N–H and O–H groups in total. The number of halogens is 1. The predicted octanol–water partition coefficient (Wildman–Crippen LogP) is 2.43. The zero-order valence-corrected chi connectivity index (χ0v) is 15.0. The van der Waals surface area contributed by atoms with Gasteiger partial charge in [-0.1, -0.05) is 29.8 Å². The van der Waals surface area contributed by atoms with Crippen molar-refractivity contribution in [2.75, 3.05) is 5.32 Å². The largest absolute Gasteiger partial charge is 0.323 e. The molecule has 7 nitrogen and oxygen atoms in total. The van der Waals surface area contributed by atoms with Crippen molar-refractivity contribution < 1.29 is 13.2 Å². The molecule has 2 heterocycles. The molecule has 0 aliphatic carbocycles. The number of fused-ring (bicyclic) bond motifs is 1. The van der Waals surface area contributed by atoms with Gasteiger partial charge in [0.15, 0.2) is 5.15 Å². The van der Waals surface area contributed by atoms with Gasteiger partial charge in [-0.2, -0.15) is 0 Å². The molecule has 0 saturated carbocycles. The summed E-state index contributed by atoms with van der Waals surface area (Å²) in [4.78, 5) is 16.3. The number of carbonyl (C=O) groups excluding carboxylic acids is 1. The van der Waals surface area contributed by atoms with Gasteiger partial charge in [-0.05, 0) is 35.9 Å². The van der Waals surface area contributed by atoms with Gasteiger partial charge in [-0.25, -0.2) is 18.5 Å². The standard InChI is InChI=1S/C17H15ClN4O3S/c18-17-14(22-10-2-1-3-15(22)21-17)8-9-16(23)20-13-6-4-12(5-7-13)11-26(19,24)25/h1-10H,11H2,(H,20,23)(H2,19,24,25)/b9-8+. The fourth-order valence-electron chi connectivity index (χ4n) is 2.39. The van der Waals surface area contributed by atoms with Crippen molar-refractivity contribution in [1.29, 1.82) is 0 Å². The Kier molecular flexibility index (Phi) is 5.08. The molecule has 0 saturated heterocycles. The van der Waals surface area contributed by atoms with E-state index in [4.69, 9.17) is 16.7 Å². The highest BCUT2D eigenvalue weighted by Crippen LogP contribution is 2.19. The summed E-state index contributed by atoms with van der Waals surface area (Å²) in [6.07, 6.45) is 4.73. The highest BCUT2D eigenvalue weighted by Gasteiger charge is 2.08. The molecule has 0 bridgehead atoms. The highest BCUT2D eigenvalue weighted by atomic mass is 35.5. The van der Waals surface area contributed by atoms with Gasteiger partial charge >= 0.3 is 0 Å². The Balaban J connectivity index is 1.70. The van der Waals surface area contributed by atoms with Crippen LogP contribution in [0.3, 0.4) is 0 Å². The molecule has 0 atom stereocenters. The van der Waals surface area contributed by atoms with E-state index in [0.717, 1.165) is 0 Å². The average Bonchev–Trinajstić information content (AvgIpc) is 2.89. The van der Waals surface area contributed by atoms with Gasteiger partial charge < -0.3 is 5.32 Å². The van der Waals surface area contributed by atoms with Crippen LogP contribution in [0.2, 0.25) is 5.15 Å². The van der Waals surface area contributed by atoms with Gasteiger partial charge in [0.2, 0.25) is 15.9 Å². The second-order valence-electron chi connectivity index (χ2n) is 5.54. The van der Waals surface area contributed by atoms with Crippen LogP contribution < -0.4 is 10.5 Å². The van der Waals surface area contributed by atoms with Crippen LogP contribution in [0.15, 0.2) is 54.7 Å². The average molecular weight is 391 g/mol. The van der Waals surface area contributed by atoms with Crippen LogP contribution in [-0.2, 0) is 20.6 Å². The quantitative estimate of drug-likeness (QED) is 0.652. The number of carbonyl (C=O) groups is 1. The lowest BCUT2D eigenvalue weighted by Gasteiger charge is -2.04. The minimum atomic E-state index is -3.59. The van der Waals surface area contributed by atoms with Gasteiger partial charge in [-0.15, -0.1) is 0 Å². The smallest absolute Gasteiger partial charge is 0.248 e. The predicted molar refractivity (Wildman–Crippen MR) is 101 cm³/mol. The molecule has 9 heteroatoms. The van der Waals surface area contributed by atoms with Crippen LogP contribution in [0.5, 0.6) is 0 Å². The number of aromatic nitrogens is 2. The number of primary sulfonamides is 1. The molecule has 3 rings (SSSR count). The van der Waals surface area contributed by atoms with Crippen LogP contribution >= 0.6 is 11.6 Å². The van der Waals surface area contributed by atoms with Crippen molar-refractivity contribution in [3.8, 4) is 0 Å². The van der Waals surface area contributed by atoms with Crippen molar-refractivity contribution in [1.82, 2.24) is 9.38 Å². The number of nitrogens with two attached hydrogens (primary N) is 1. The zero-order chi connectivity index (χ0) is 18.7. The Labute approximate surface area is 155 Å². The number of hydrogen-bond acceptors (Lipinski definition) is 4. The van der Waals surface area contributed by atoms with Crippen molar-refractivity contribution >= 4 is 44.9 Å². The summed E-state index contributed by atoms with van der Waals surface area (Å²) in [7, 11) is -3.59.